The number of carbonyl (C=O) groups excluding carboxylic acids is 3. The summed E-state index contributed by atoms with van der Waals surface area (Å²) in [4.78, 5) is 38.5. The zero-order valence-corrected chi connectivity index (χ0v) is 17.3. The van der Waals surface area contributed by atoms with Crippen LogP contribution in [0, 0.1) is 5.92 Å². The van der Waals surface area contributed by atoms with E-state index in [9.17, 15) is 14.4 Å². The summed E-state index contributed by atoms with van der Waals surface area (Å²) in [5, 5.41) is 3.28. The van der Waals surface area contributed by atoms with E-state index < -0.39 is 24.4 Å². The summed E-state index contributed by atoms with van der Waals surface area (Å²) < 4.78 is 5.11. The average molecular weight is 435 g/mol. The Bertz CT molecular complexity index is 948. The lowest BCUT2D eigenvalue weighted by molar-refractivity contribution is -0.151. The molecule has 1 saturated heterocycles. The number of benzene rings is 2. The van der Waals surface area contributed by atoms with Gasteiger partial charge in [-0.1, -0.05) is 48.3 Å². The summed E-state index contributed by atoms with van der Waals surface area (Å²) in [7, 11) is 0. The van der Waals surface area contributed by atoms with E-state index in [4.69, 9.17) is 27.9 Å². The average Bonchev–Trinajstić information content (AvgIpc) is 3.10. The summed E-state index contributed by atoms with van der Waals surface area (Å²) in [6.45, 7) is 1.77. The van der Waals surface area contributed by atoms with Crippen LogP contribution >= 0.6 is 23.2 Å². The van der Waals surface area contributed by atoms with Gasteiger partial charge in [0.15, 0.2) is 6.61 Å². The van der Waals surface area contributed by atoms with Gasteiger partial charge in [-0.15, -0.1) is 0 Å². The van der Waals surface area contributed by atoms with E-state index in [0.717, 1.165) is 17.7 Å². The lowest BCUT2D eigenvalue weighted by atomic mass is 10.1. The maximum absolute atomic E-state index is 12.4. The van der Waals surface area contributed by atoms with Crippen molar-refractivity contribution in [3.05, 3.63) is 58.1 Å². The molecule has 29 heavy (non-hydrogen) atoms. The number of esters is 1. The van der Waals surface area contributed by atoms with Crippen LogP contribution in [0.25, 0.3) is 0 Å². The van der Waals surface area contributed by atoms with Crippen LogP contribution in [0.1, 0.15) is 18.9 Å². The molecule has 1 heterocycles. The van der Waals surface area contributed by atoms with Gasteiger partial charge in [-0.05, 0) is 36.2 Å². The Morgan fingerprint density at radius 3 is 2.72 bits per heavy atom. The maximum atomic E-state index is 12.4. The number of carbonyl (C=O) groups is 3. The standard InChI is InChI=1S/C21H20Cl2N2O4/c1-2-13-5-3-4-6-18(13)25-11-14(9-20(25)27)21(28)29-12-19(26)24-17-10-15(22)7-8-16(17)23/h3-8,10,14H,2,9,11-12H2,1H3,(H,24,26)/t14-/m1/s1. The van der Waals surface area contributed by atoms with Gasteiger partial charge in [0.05, 0.1) is 16.6 Å². The lowest BCUT2D eigenvalue weighted by Crippen LogP contribution is -2.28. The fraction of sp³-hybridized carbons (Fsp3) is 0.286. The van der Waals surface area contributed by atoms with Crippen molar-refractivity contribution in [3.63, 3.8) is 0 Å². The molecule has 1 aliphatic rings. The van der Waals surface area contributed by atoms with Crippen molar-refractivity contribution < 1.29 is 19.1 Å². The van der Waals surface area contributed by atoms with Crippen molar-refractivity contribution >= 4 is 52.4 Å². The van der Waals surface area contributed by atoms with Gasteiger partial charge >= 0.3 is 5.97 Å². The lowest BCUT2D eigenvalue weighted by Gasteiger charge is -2.19. The zero-order chi connectivity index (χ0) is 21.0. The second-order valence-corrected chi connectivity index (χ2v) is 7.51. The second kappa shape index (κ2) is 9.29. The Labute approximate surface area is 178 Å². The van der Waals surface area contributed by atoms with Gasteiger partial charge in [-0.3, -0.25) is 14.4 Å². The van der Waals surface area contributed by atoms with Crippen LogP contribution < -0.4 is 10.2 Å². The molecule has 0 saturated carbocycles. The minimum absolute atomic E-state index is 0.0542. The van der Waals surface area contributed by atoms with E-state index in [2.05, 4.69) is 5.32 Å². The van der Waals surface area contributed by atoms with E-state index >= 15 is 0 Å². The number of ether oxygens (including phenoxy) is 1. The first-order valence-electron chi connectivity index (χ1n) is 9.18. The highest BCUT2D eigenvalue weighted by Crippen LogP contribution is 2.29. The molecule has 0 unspecified atom stereocenters. The molecular weight excluding hydrogens is 415 g/mol. The summed E-state index contributed by atoms with van der Waals surface area (Å²) >= 11 is 11.9. The normalized spacial score (nSPS) is 16.0. The van der Waals surface area contributed by atoms with Crippen molar-refractivity contribution in [1.29, 1.82) is 0 Å². The van der Waals surface area contributed by atoms with Crippen molar-refractivity contribution in [2.45, 2.75) is 19.8 Å². The Hall–Kier alpha value is -2.57. The smallest absolute Gasteiger partial charge is 0.311 e. The van der Waals surface area contributed by atoms with Crippen LogP contribution in [0.4, 0.5) is 11.4 Å². The third kappa shape index (κ3) is 5.08. The summed E-state index contributed by atoms with van der Waals surface area (Å²) in [5.74, 6) is -1.87. The molecule has 0 radical (unpaired) electrons. The van der Waals surface area contributed by atoms with E-state index in [0.29, 0.717) is 15.7 Å². The first-order chi connectivity index (χ1) is 13.9. The summed E-state index contributed by atoms with van der Waals surface area (Å²) in [5.41, 5.74) is 2.18. The SMILES string of the molecule is CCc1ccccc1N1C[C@H](C(=O)OCC(=O)Nc2cc(Cl)ccc2Cl)CC1=O. The monoisotopic (exact) mass is 434 g/mol. The molecule has 0 bridgehead atoms. The van der Waals surface area contributed by atoms with E-state index in [1.165, 1.54) is 6.07 Å². The number of aryl methyl sites for hydroxylation is 1. The largest absolute Gasteiger partial charge is 0.455 e. The highest BCUT2D eigenvalue weighted by molar-refractivity contribution is 6.35. The Morgan fingerprint density at radius 2 is 1.97 bits per heavy atom. The quantitative estimate of drug-likeness (QED) is 0.694. The fourth-order valence-electron chi connectivity index (χ4n) is 3.21. The predicted octanol–water partition coefficient (Wildman–Crippen LogP) is 4.09. The van der Waals surface area contributed by atoms with Crippen molar-refractivity contribution in [2.24, 2.45) is 5.92 Å². The molecule has 0 aromatic heterocycles. The summed E-state index contributed by atoms with van der Waals surface area (Å²) in [6.07, 6.45) is 0.833. The zero-order valence-electron chi connectivity index (χ0n) is 15.8. The topological polar surface area (TPSA) is 75.7 Å². The molecule has 1 aliphatic heterocycles. The second-order valence-electron chi connectivity index (χ2n) is 6.67. The Balaban J connectivity index is 1.57. The third-order valence-corrected chi connectivity index (χ3v) is 5.23. The fourth-order valence-corrected chi connectivity index (χ4v) is 3.54. The number of nitrogens with zero attached hydrogens (tertiary/aromatic N) is 1. The van der Waals surface area contributed by atoms with Crippen LogP contribution in [-0.2, 0) is 25.5 Å². The molecule has 1 fully saturated rings. The summed E-state index contributed by atoms with van der Waals surface area (Å²) in [6, 6.07) is 12.3. The number of anilines is 2. The Morgan fingerprint density at radius 1 is 1.21 bits per heavy atom. The molecule has 6 nitrogen and oxygen atoms in total. The molecule has 2 amide bonds. The van der Waals surface area contributed by atoms with Gasteiger partial charge < -0.3 is 15.0 Å². The first kappa shape index (κ1) is 21.1. The van der Waals surface area contributed by atoms with Crippen molar-refractivity contribution in [1.82, 2.24) is 0 Å². The van der Waals surface area contributed by atoms with Crippen LogP contribution in [0.3, 0.4) is 0 Å². The van der Waals surface area contributed by atoms with E-state index in [-0.39, 0.29) is 18.9 Å². The molecule has 2 aromatic carbocycles. The van der Waals surface area contributed by atoms with Gasteiger partial charge in [0.25, 0.3) is 5.91 Å². The number of nitrogens with one attached hydrogen (secondary N) is 1. The van der Waals surface area contributed by atoms with Crippen LogP contribution in [-0.4, -0.2) is 30.9 Å². The highest BCUT2D eigenvalue weighted by atomic mass is 35.5. The van der Waals surface area contributed by atoms with Gasteiger partial charge in [0, 0.05) is 23.7 Å². The van der Waals surface area contributed by atoms with E-state index in [1.807, 2.05) is 31.2 Å². The number of rotatable bonds is 6. The van der Waals surface area contributed by atoms with Gasteiger partial charge in [0.2, 0.25) is 5.91 Å². The third-order valence-electron chi connectivity index (χ3n) is 4.67. The molecule has 8 heteroatoms. The molecule has 0 spiro atoms. The predicted molar refractivity (Wildman–Crippen MR) is 112 cm³/mol. The minimum Gasteiger partial charge on any atom is -0.455 e. The molecule has 152 valence electrons. The number of hydrogen-bond acceptors (Lipinski definition) is 4. The van der Waals surface area contributed by atoms with Gasteiger partial charge in [0.1, 0.15) is 0 Å². The maximum Gasteiger partial charge on any atom is 0.311 e. The molecule has 1 atom stereocenters. The highest BCUT2D eigenvalue weighted by Gasteiger charge is 2.37. The number of amides is 2. The number of halogens is 2. The van der Waals surface area contributed by atoms with Crippen molar-refractivity contribution in [3.8, 4) is 0 Å². The first-order valence-corrected chi connectivity index (χ1v) is 9.94. The molecule has 2 aromatic rings. The molecule has 1 N–H and O–H groups in total. The Kier molecular flexibility index (Phi) is 6.77. The molecule has 0 aliphatic carbocycles. The van der Waals surface area contributed by atoms with Crippen molar-refractivity contribution in [2.75, 3.05) is 23.4 Å². The van der Waals surface area contributed by atoms with Crippen LogP contribution in [0.15, 0.2) is 42.5 Å². The van der Waals surface area contributed by atoms with Gasteiger partial charge in [-0.2, -0.15) is 0 Å². The number of para-hydroxylation sites is 1. The molecule has 3 rings (SSSR count). The molecular formula is C21H20Cl2N2O4. The number of hydrogen-bond donors (Lipinski definition) is 1. The minimum atomic E-state index is -0.616. The van der Waals surface area contributed by atoms with Crippen LogP contribution in [0.5, 0.6) is 0 Å². The van der Waals surface area contributed by atoms with Gasteiger partial charge in [-0.25, -0.2) is 0 Å². The van der Waals surface area contributed by atoms with Crippen LogP contribution in [0.2, 0.25) is 10.0 Å². The van der Waals surface area contributed by atoms with E-state index in [1.54, 1.807) is 17.0 Å².